The molecular formula is C17H19ClN4OS2. The molecule has 3 rings (SSSR count). The van der Waals surface area contributed by atoms with Crippen LogP contribution >= 0.6 is 34.7 Å². The summed E-state index contributed by atoms with van der Waals surface area (Å²) < 4.78 is 5.72. The first-order valence-electron chi connectivity index (χ1n) is 7.77. The first-order valence-corrected chi connectivity index (χ1v) is 10.0. The number of thiazole rings is 1. The Morgan fingerprint density at radius 1 is 1.20 bits per heavy atom. The molecule has 0 saturated carbocycles. The van der Waals surface area contributed by atoms with Crippen molar-refractivity contribution in [2.75, 3.05) is 0 Å². The molecule has 0 fully saturated rings. The van der Waals surface area contributed by atoms with Gasteiger partial charge in [-0.3, -0.25) is 5.10 Å². The minimum Gasteiger partial charge on any atom is -0.486 e. The molecule has 0 atom stereocenters. The van der Waals surface area contributed by atoms with Gasteiger partial charge >= 0.3 is 0 Å². The van der Waals surface area contributed by atoms with E-state index in [0.717, 1.165) is 33.2 Å². The second-order valence-corrected chi connectivity index (χ2v) is 8.80. The molecule has 0 bridgehead atoms. The van der Waals surface area contributed by atoms with Gasteiger partial charge in [-0.1, -0.05) is 44.1 Å². The molecule has 0 spiro atoms. The van der Waals surface area contributed by atoms with Crippen molar-refractivity contribution >= 4 is 34.7 Å². The van der Waals surface area contributed by atoms with Gasteiger partial charge in [0.05, 0.1) is 5.69 Å². The zero-order valence-corrected chi connectivity index (χ0v) is 16.6. The summed E-state index contributed by atoms with van der Waals surface area (Å²) in [5.74, 6) is 2.41. The lowest BCUT2D eigenvalue weighted by atomic mass is 9.96. The topological polar surface area (TPSA) is 63.7 Å². The average molecular weight is 395 g/mol. The monoisotopic (exact) mass is 394 g/mol. The van der Waals surface area contributed by atoms with Crippen LogP contribution in [0.15, 0.2) is 34.8 Å². The molecule has 0 aliphatic carbocycles. The Labute approximate surface area is 160 Å². The average Bonchev–Trinajstić information content (AvgIpc) is 3.21. The molecule has 0 unspecified atom stereocenters. The second-order valence-electron chi connectivity index (χ2n) is 6.48. The van der Waals surface area contributed by atoms with Crippen molar-refractivity contribution in [3.63, 3.8) is 0 Å². The highest BCUT2D eigenvalue weighted by atomic mass is 35.5. The highest BCUT2D eigenvalue weighted by Crippen LogP contribution is 2.24. The fourth-order valence-corrected chi connectivity index (χ4v) is 3.57. The molecule has 0 saturated heterocycles. The molecule has 1 aromatic carbocycles. The van der Waals surface area contributed by atoms with Crippen LogP contribution in [0.3, 0.4) is 0 Å². The van der Waals surface area contributed by atoms with Crippen LogP contribution in [0.4, 0.5) is 0 Å². The van der Waals surface area contributed by atoms with Crippen LogP contribution in [0.2, 0.25) is 5.02 Å². The summed E-state index contributed by atoms with van der Waals surface area (Å²) in [6.07, 6.45) is 0. The third-order valence-corrected chi connectivity index (χ3v) is 5.30. The number of halogens is 1. The van der Waals surface area contributed by atoms with E-state index in [1.807, 2.05) is 29.6 Å². The van der Waals surface area contributed by atoms with E-state index in [1.54, 1.807) is 23.1 Å². The SMILES string of the molecule is CC(C)(C)c1nc(SCc2csc(COc3ccc(Cl)cc3)n2)n[nH]1. The van der Waals surface area contributed by atoms with Crippen LogP contribution in [-0.4, -0.2) is 20.2 Å². The molecule has 2 heterocycles. The molecule has 0 amide bonds. The molecule has 1 N–H and O–H groups in total. The van der Waals surface area contributed by atoms with E-state index in [0.29, 0.717) is 11.6 Å². The number of benzene rings is 1. The van der Waals surface area contributed by atoms with Crippen molar-refractivity contribution in [2.45, 2.75) is 43.7 Å². The van der Waals surface area contributed by atoms with Gasteiger partial charge in [0.1, 0.15) is 23.2 Å². The maximum Gasteiger partial charge on any atom is 0.208 e. The third-order valence-electron chi connectivity index (χ3n) is 3.30. The van der Waals surface area contributed by atoms with Gasteiger partial charge < -0.3 is 4.74 Å². The first kappa shape index (κ1) is 18.2. The number of nitrogens with zero attached hydrogens (tertiary/aromatic N) is 3. The lowest BCUT2D eigenvalue weighted by Gasteiger charge is -2.12. The zero-order valence-electron chi connectivity index (χ0n) is 14.2. The predicted octanol–water partition coefficient (Wildman–Crippen LogP) is 5.08. The maximum absolute atomic E-state index is 5.86. The Balaban J connectivity index is 1.51. The minimum atomic E-state index is -0.0292. The first-order chi connectivity index (χ1) is 11.9. The number of aromatic nitrogens is 4. The van der Waals surface area contributed by atoms with Crippen LogP contribution in [-0.2, 0) is 17.8 Å². The van der Waals surface area contributed by atoms with Gasteiger partial charge in [0.15, 0.2) is 0 Å². The fourth-order valence-electron chi connectivity index (χ4n) is 1.94. The minimum absolute atomic E-state index is 0.0292. The molecule has 5 nitrogen and oxygen atoms in total. The fraction of sp³-hybridized carbons (Fsp3) is 0.353. The molecule has 3 aromatic rings. The Morgan fingerprint density at radius 3 is 2.64 bits per heavy atom. The van der Waals surface area contributed by atoms with Crippen LogP contribution in [0.25, 0.3) is 0 Å². The quantitative estimate of drug-likeness (QED) is 0.590. The van der Waals surface area contributed by atoms with E-state index in [9.17, 15) is 0 Å². The molecule has 0 aliphatic heterocycles. The molecular weight excluding hydrogens is 376 g/mol. The van der Waals surface area contributed by atoms with Gasteiger partial charge in [-0.2, -0.15) is 0 Å². The summed E-state index contributed by atoms with van der Waals surface area (Å²) in [5, 5.41) is 11.7. The van der Waals surface area contributed by atoms with Gasteiger partial charge in [-0.25, -0.2) is 9.97 Å². The van der Waals surface area contributed by atoms with E-state index in [2.05, 4.69) is 40.9 Å². The van der Waals surface area contributed by atoms with Crippen molar-refractivity contribution < 1.29 is 4.74 Å². The Morgan fingerprint density at radius 2 is 1.96 bits per heavy atom. The van der Waals surface area contributed by atoms with E-state index in [4.69, 9.17) is 16.3 Å². The number of hydrogen-bond donors (Lipinski definition) is 1. The summed E-state index contributed by atoms with van der Waals surface area (Å²) in [6, 6.07) is 7.32. The second kappa shape index (κ2) is 7.76. The number of ether oxygens (including phenoxy) is 1. The Hall–Kier alpha value is -1.57. The smallest absolute Gasteiger partial charge is 0.208 e. The van der Waals surface area contributed by atoms with E-state index < -0.39 is 0 Å². The molecule has 25 heavy (non-hydrogen) atoms. The van der Waals surface area contributed by atoms with Gasteiger partial charge in [0.2, 0.25) is 5.16 Å². The number of H-pyrrole nitrogens is 1. The zero-order chi connectivity index (χ0) is 17.9. The molecule has 132 valence electrons. The van der Waals surface area contributed by atoms with Gasteiger partial charge in [0.25, 0.3) is 0 Å². The van der Waals surface area contributed by atoms with Gasteiger partial charge in [0, 0.05) is 21.6 Å². The Bertz CT molecular complexity index is 824. The van der Waals surface area contributed by atoms with Crippen molar-refractivity contribution in [1.82, 2.24) is 20.2 Å². The highest BCUT2D eigenvalue weighted by Gasteiger charge is 2.18. The maximum atomic E-state index is 5.86. The third kappa shape index (κ3) is 5.20. The van der Waals surface area contributed by atoms with Crippen molar-refractivity contribution in [1.29, 1.82) is 0 Å². The van der Waals surface area contributed by atoms with Crippen LogP contribution < -0.4 is 4.74 Å². The summed E-state index contributed by atoms with van der Waals surface area (Å²) in [6.45, 7) is 6.77. The van der Waals surface area contributed by atoms with E-state index >= 15 is 0 Å². The lowest BCUT2D eigenvalue weighted by molar-refractivity contribution is 0.305. The van der Waals surface area contributed by atoms with Gasteiger partial charge in [-0.05, 0) is 24.3 Å². The van der Waals surface area contributed by atoms with Crippen molar-refractivity contribution in [2.24, 2.45) is 0 Å². The largest absolute Gasteiger partial charge is 0.486 e. The number of rotatable bonds is 6. The van der Waals surface area contributed by atoms with Crippen LogP contribution in [0, 0.1) is 0 Å². The molecule has 0 radical (unpaired) electrons. The number of thioether (sulfide) groups is 1. The molecule has 8 heteroatoms. The standard InChI is InChI=1S/C17H19ClN4OS2/c1-17(2,3)15-20-16(22-21-15)25-10-12-9-24-14(19-12)8-23-13-6-4-11(18)5-7-13/h4-7,9H,8,10H2,1-3H3,(H,20,21,22). The number of nitrogens with one attached hydrogen (secondary N) is 1. The van der Waals surface area contributed by atoms with Gasteiger partial charge in [-0.15, -0.1) is 16.4 Å². The Kier molecular flexibility index (Phi) is 5.66. The van der Waals surface area contributed by atoms with E-state index in [1.165, 1.54) is 0 Å². The number of hydrogen-bond acceptors (Lipinski definition) is 6. The molecule has 0 aliphatic rings. The molecule has 2 aromatic heterocycles. The summed E-state index contributed by atoms with van der Waals surface area (Å²) in [4.78, 5) is 9.12. The predicted molar refractivity (Wildman–Crippen MR) is 103 cm³/mol. The highest BCUT2D eigenvalue weighted by molar-refractivity contribution is 7.98. The summed E-state index contributed by atoms with van der Waals surface area (Å²) >= 11 is 9.03. The van der Waals surface area contributed by atoms with Crippen molar-refractivity contribution in [3.8, 4) is 5.75 Å². The van der Waals surface area contributed by atoms with Crippen LogP contribution in [0.1, 0.15) is 37.3 Å². The summed E-state index contributed by atoms with van der Waals surface area (Å²) in [5.41, 5.74) is 0.977. The van der Waals surface area contributed by atoms with E-state index in [-0.39, 0.29) is 5.41 Å². The summed E-state index contributed by atoms with van der Waals surface area (Å²) in [7, 11) is 0. The normalized spacial score (nSPS) is 11.7. The van der Waals surface area contributed by atoms with Crippen molar-refractivity contribution in [3.05, 3.63) is 51.2 Å². The van der Waals surface area contributed by atoms with Crippen LogP contribution in [0.5, 0.6) is 5.75 Å². The number of aromatic amines is 1. The lowest BCUT2D eigenvalue weighted by Crippen LogP contribution is -2.13.